The molecule has 3 heteroatoms. The summed E-state index contributed by atoms with van der Waals surface area (Å²) in [4.78, 5) is 9.52. The zero-order valence-corrected chi connectivity index (χ0v) is 36.1. The van der Waals surface area contributed by atoms with E-state index in [1.807, 2.05) is 0 Å². The molecule has 3 heterocycles. The molecule has 0 spiro atoms. The molecular weight excluding hydrogens is 697 g/mol. The van der Waals surface area contributed by atoms with Crippen molar-refractivity contribution in [3.05, 3.63) is 137 Å². The molecule has 0 bridgehead atoms. The van der Waals surface area contributed by atoms with Crippen molar-refractivity contribution in [1.82, 2.24) is 9.97 Å². The van der Waals surface area contributed by atoms with E-state index in [0.29, 0.717) is 0 Å². The van der Waals surface area contributed by atoms with Crippen molar-refractivity contribution < 1.29 is 0 Å². The summed E-state index contributed by atoms with van der Waals surface area (Å²) in [5.41, 5.74) is 16.9. The number of pyridine rings is 1. The van der Waals surface area contributed by atoms with E-state index >= 15 is 0 Å². The second-order valence-corrected chi connectivity index (χ2v) is 20.9. The third-order valence-electron chi connectivity index (χ3n) is 11.5. The molecule has 0 fully saturated rings. The van der Waals surface area contributed by atoms with Crippen LogP contribution in [0, 0.1) is 0 Å². The lowest BCUT2D eigenvalue weighted by Gasteiger charge is -2.21. The van der Waals surface area contributed by atoms with Crippen LogP contribution in [0.15, 0.2) is 115 Å². The number of H-pyrrole nitrogens is 1. The van der Waals surface area contributed by atoms with Crippen molar-refractivity contribution in [3.63, 3.8) is 0 Å². The summed E-state index contributed by atoms with van der Waals surface area (Å²) in [7, 11) is 0. The van der Waals surface area contributed by atoms with Crippen LogP contribution in [0.4, 0.5) is 0 Å². The summed E-state index contributed by atoms with van der Waals surface area (Å²) < 4.78 is 1.21. The third-order valence-corrected chi connectivity index (χ3v) is 12.5. The smallest absolute Gasteiger partial charge is 0.0888 e. The fourth-order valence-corrected chi connectivity index (χ4v) is 8.72. The Balaban J connectivity index is 1.37. The van der Waals surface area contributed by atoms with E-state index in [2.05, 4.69) is 203 Å². The van der Waals surface area contributed by atoms with Crippen molar-refractivity contribution in [2.75, 3.05) is 0 Å². The maximum atomic E-state index is 5.67. The zero-order chi connectivity index (χ0) is 39.9. The van der Waals surface area contributed by atoms with Crippen LogP contribution in [-0.2, 0) is 21.7 Å². The molecule has 3 aromatic heterocycles. The van der Waals surface area contributed by atoms with Crippen LogP contribution in [0.3, 0.4) is 0 Å². The Labute approximate surface area is 338 Å². The maximum Gasteiger partial charge on any atom is 0.0888 e. The quantitative estimate of drug-likeness (QED) is 0.191. The summed E-state index contributed by atoms with van der Waals surface area (Å²) in [6.45, 7) is 27.4. The van der Waals surface area contributed by atoms with E-state index in [0.717, 1.165) is 33.5 Å². The standard InChI is InChI=1S/C53H56N2S/c1-50(2,3)38-17-13-32(14-18-38)35-25-36(33-15-19-39(20-16-33)51(4,5)6)27-37(26-35)47-49-34(23-24-56-49)28-46(55-47)44-31-41(53(10,11)12)30-43-42-29-40(52(7,8)9)21-22-45(42)54-48(43)44/h13-31,54H,1-12H3. The van der Waals surface area contributed by atoms with E-state index in [9.17, 15) is 0 Å². The first kappa shape index (κ1) is 37.9. The van der Waals surface area contributed by atoms with Gasteiger partial charge in [0.25, 0.3) is 0 Å². The number of fused-ring (bicyclic) bond motifs is 4. The summed E-state index contributed by atoms with van der Waals surface area (Å²) in [6, 6.07) is 41.6. The lowest BCUT2D eigenvalue weighted by molar-refractivity contribution is 0.590. The topological polar surface area (TPSA) is 28.7 Å². The average molecular weight is 753 g/mol. The van der Waals surface area contributed by atoms with Crippen LogP contribution >= 0.6 is 11.3 Å². The van der Waals surface area contributed by atoms with Gasteiger partial charge in [-0.25, -0.2) is 4.98 Å². The predicted octanol–water partition coefficient (Wildman–Crippen LogP) is 15.8. The molecule has 1 N–H and O–H groups in total. The lowest BCUT2D eigenvalue weighted by atomic mass is 9.83. The van der Waals surface area contributed by atoms with Crippen molar-refractivity contribution in [2.24, 2.45) is 0 Å². The van der Waals surface area contributed by atoms with Gasteiger partial charge in [-0.05, 0) is 132 Å². The second kappa shape index (κ2) is 13.3. The first-order valence-electron chi connectivity index (χ1n) is 20.1. The summed E-state index contributed by atoms with van der Waals surface area (Å²) in [5.74, 6) is 0. The van der Waals surface area contributed by atoms with Crippen LogP contribution in [0.1, 0.15) is 105 Å². The highest BCUT2D eigenvalue weighted by molar-refractivity contribution is 7.17. The van der Waals surface area contributed by atoms with Gasteiger partial charge in [-0.3, -0.25) is 0 Å². The van der Waals surface area contributed by atoms with Crippen LogP contribution in [-0.4, -0.2) is 9.97 Å². The molecule has 8 aromatic rings. The number of aromatic nitrogens is 2. The van der Waals surface area contributed by atoms with Gasteiger partial charge in [0.1, 0.15) is 0 Å². The largest absolute Gasteiger partial charge is 0.354 e. The maximum absolute atomic E-state index is 5.67. The molecule has 284 valence electrons. The number of thiophene rings is 1. The third kappa shape index (κ3) is 7.11. The van der Waals surface area contributed by atoms with E-state index in [4.69, 9.17) is 4.98 Å². The number of aromatic amines is 1. The van der Waals surface area contributed by atoms with E-state index in [-0.39, 0.29) is 21.7 Å². The minimum Gasteiger partial charge on any atom is -0.354 e. The average Bonchev–Trinajstić information content (AvgIpc) is 3.77. The molecule has 56 heavy (non-hydrogen) atoms. The molecule has 2 nitrogen and oxygen atoms in total. The highest BCUT2D eigenvalue weighted by Gasteiger charge is 2.23. The van der Waals surface area contributed by atoms with Gasteiger partial charge in [0, 0.05) is 27.4 Å². The summed E-state index contributed by atoms with van der Waals surface area (Å²) >= 11 is 1.77. The van der Waals surface area contributed by atoms with Gasteiger partial charge < -0.3 is 4.98 Å². The highest BCUT2D eigenvalue weighted by Crippen LogP contribution is 2.43. The summed E-state index contributed by atoms with van der Waals surface area (Å²) in [5, 5.41) is 5.94. The molecule has 0 aliphatic rings. The van der Waals surface area contributed by atoms with Crippen LogP contribution in [0.2, 0.25) is 0 Å². The Morgan fingerprint density at radius 1 is 0.446 bits per heavy atom. The summed E-state index contributed by atoms with van der Waals surface area (Å²) in [6.07, 6.45) is 0. The second-order valence-electron chi connectivity index (χ2n) is 20.0. The van der Waals surface area contributed by atoms with Gasteiger partial charge in [0.15, 0.2) is 0 Å². The fourth-order valence-electron chi connectivity index (χ4n) is 7.83. The highest BCUT2D eigenvalue weighted by atomic mass is 32.1. The van der Waals surface area contributed by atoms with Gasteiger partial charge in [0.05, 0.1) is 21.6 Å². The van der Waals surface area contributed by atoms with Crippen molar-refractivity contribution in [1.29, 1.82) is 0 Å². The van der Waals surface area contributed by atoms with E-state index < -0.39 is 0 Å². The van der Waals surface area contributed by atoms with Crippen molar-refractivity contribution in [2.45, 2.75) is 105 Å². The molecule has 0 saturated carbocycles. The molecule has 0 amide bonds. The van der Waals surface area contributed by atoms with Crippen LogP contribution in [0.25, 0.3) is 76.7 Å². The van der Waals surface area contributed by atoms with Crippen molar-refractivity contribution >= 4 is 43.2 Å². The normalized spacial score (nSPS) is 13.0. The fraction of sp³-hybridized carbons (Fsp3) is 0.302. The first-order chi connectivity index (χ1) is 26.2. The SMILES string of the molecule is CC(C)(C)c1ccc(-c2cc(-c3ccc(C(C)(C)C)cc3)cc(-c3nc(-c4cc(C(C)(C)C)cc5c4[nH]c4ccc(C(C)(C)C)cc45)cc4ccsc34)c2)cc1. The van der Waals surface area contributed by atoms with Gasteiger partial charge in [-0.2, -0.15) is 0 Å². The van der Waals surface area contributed by atoms with Crippen molar-refractivity contribution in [3.8, 4) is 44.8 Å². The minimum absolute atomic E-state index is 0.0439. The van der Waals surface area contributed by atoms with Crippen LogP contribution < -0.4 is 0 Å². The molecule has 0 aliphatic heterocycles. The lowest BCUT2D eigenvalue weighted by Crippen LogP contribution is -2.11. The molecule has 0 aliphatic carbocycles. The monoisotopic (exact) mass is 752 g/mol. The molecular formula is C53H56N2S. The number of nitrogens with zero attached hydrogens (tertiary/aromatic N) is 1. The molecule has 5 aromatic carbocycles. The molecule has 0 saturated heterocycles. The van der Waals surface area contributed by atoms with E-state index in [1.54, 1.807) is 11.3 Å². The Bertz CT molecular complexity index is 2670. The zero-order valence-electron chi connectivity index (χ0n) is 35.3. The predicted molar refractivity (Wildman–Crippen MR) is 246 cm³/mol. The number of nitrogens with one attached hydrogen (secondary N) is 1. The van der Waals surface area contributed by atoms with Gasteiger partial charge in [0.2, 0.25) is 0 Å². The van der Waals surface area contributed by atoms with Crippen LogP contribution in [0.5, 0.6) is 0 Å². The Morgan fingerprint density at radius 3 is 1.48 bits per heavy atom. The Morgan fingerprint density at radius 2 is 0.946 bits per heavy atom. The minimum atomic E-state index is -0.0439. The van der Waals surface area contributed by atoms with Gasteiger partial charge in [-0.1, -0.05) is 138 Å². The van der Waals surface area contributed by atoms with Gasteiger partial charge >= 0.3 is 0 Å². The molecule has 0 unspecified atom stereocenters. The Kier molecular flexibility index (Phi) is 9.01. The molecule has 8 rings (SSSR count). The van der Waals surface area contributed by atoms with E-state index in [1.165, 1.54) is 65.4 Å². The first-order valence-corrected chi connectivity index (χ1v) is 21.0. The van der Waals surface area contributed by atoms with Gasteiger partial charge in [-0.15, -0.1) is 11.3 Å². The number of benzene rings is 5. The molecule has 0 radical (unpaired) electrons. The number of rotatable bonds is 4. The number of hydrogen-bond acceptors (Lipinski definition) is 2. The number of hydrogen-bond donors (Lipinski definition) is 1. The molecule has 0 atom stereocenters. The Hall–Kier alpha value is -4.99.